The minimum absolute atomic E-state index is 0.00795. The summed E-state index contributed by atoms with van der Waals surface area (Å²) in [6.07, 6.45) is 0. The van der Waals surface area contributed by atoms with Crippen molar-refractivity contribution < 1.29 is 14.5 Å². The van der Waals surface area contributed by atoms with Gasteiger partial charge in [-0.05, 0) is 56.2 Å². The number of likely N-dealkylation sites (N-methyl/N-ethyl adjacent to an activating group) is 1. The number of anilines is 2. The Labute approximate surface area is 184 Å². The molecule has 160 valence electrons. The molecule has 31 heavy (non-hydrogen) atoms. The predicted octanol–water partition coefficient (Wildman–Crippen LogP) is 3.52. The van der Waals surface area contributed by atoms with E-state index >= 15 is 0 Å². The van der Waals surface area contributed by atoms with E-state index in [1.807, 2.05) is 75.5 Å². The molecular formula is C26H30N3O2+. The highest BCUT2D eigenvalue weighted by Crippen LogP contribution is 2.21. The van der Waals surface area contributed by atoms with Crippen LogP contribution in [0.3, 0.4) is 0 Å². The Morgan fingerprint density at radius 3 is 2.06 bits per heavy atom. The summed E-state index contributed by atoms with van der Waals surface area (Å²) in [6, 6.07) is 21.1. The van der Waals surface area contributed by atoms with Crippen molar-refractivity contribution in [3.63, 3.8) is 0 Å². The van der Waals surface area contributed by atoms with Crippen LogP contribution in [0.15, 0.2) is 66.7 Å². The number of carbonyl (C=O) groups excluding carboxylic acids is 2. The average Bonchev–Trinajstić information content (AvgIpc) is 2.72. The number of hydrogen-bond acceptors (Lipinski definition) is 2. The molecule has 0 bridgehead atoms. The monoisotopic (exact) mass is 416 g/mol. The summed E-state index contributed by atoms with van der Waals surface area (Å²) in [5, 5.41) is 5.94. The highest BCUT2D eigenvalue weighted by Gasteiger charge is 2.14. The molecule has 0 heterocycles. The lowest BCUT2D eigenvalue weighted by atomic mass is 10.1. The molecule has 0 aromatic heterocycles. The molecule has 0 spiro atoms. The summed E-state index contributed by atoms with van der Waals surface area (Å²) >= 11 is 0. The molecule has 1 atom stereocenters. The molecule has 0 aliphatic heterocycles. The topological polar surface area (TPSA) is 62.6 Å². The van der Waals surface area contributed by atoms with Gasteiger partial charge in [0.25, 0.3) is 11.8 Å². The fraction of sp³-hybridized carbons (Fsp3) is 0.231. The summed E-state index contributed by atoms with van der Waals surface area (Å²) in [5.41, 5.74) is 6.69. The fourth-order valence-electron chi connectivity index (χ4n) is 3.74. The van der Waals surface area contributed by atoms with Gasteiger partial charge in [-0.2, -0.15) is 0 Å². The lowest BCUT2D eigenvalue weighted by molar-refractivity contribution is -0.885. The Kier molecular flexibility index (Phi) is 7.21. The van der Waals surface area contributed by atoms with Gasteiger partial charge in [-0.25, -0.2) is 0 Å². The van der Waals surface area contributed by atoms with Crippen LogP contribution in [0.2, 0.25) is 0 Å². The molecule has 5 nitrogen and oxygen atoms in total. The Bertz CT molecular complexity index is 1040. The van der Waals surface area contributed by atoms with Gasteiger partial charge in [0.1, 0.15) is 6.54 Å². The number of nitrogens with one attached hydrogen (secondary N) is 3. The highest BCUT2D eigenvalue weighted by atomic mass is 16.2. The van der Waals surface area contributed by atoms with Crippen LogP contribution in [0.5, 0.6) is 0 Å². The maximum absolute atomic E-state index is 12.5. The number of amides is 2. The first-order valence-corrected chi connectivity index (χ1v) is 10.5. The normalized spacial score (nSPS) is 11.6. The maximum Gasteiger partial charge on any atom is 0.279 e. The maximum atomic E-state index is 12.5. The molecule has 0 fully saturated rings. The van der Waals surface area contributed by atoms with E-state index in [0.29, 0.717) is 18.7 Å². The number of rotatable bonds is 7. The zero-order valence-corrected chi connectivity index (χ0v) is 18.6. The third-order valence-corrected chi connectivity index (χ3v) is 5.16. The van der Waals surface area contributed by atoms with Crippen LogP contribution in [-0.4, -0.2) is 25.4 Å². The molecule has 3 aromatic rings. The molecule has 1 unspecified atom stereocenters. The average molecular weight is 417 g/mol. The SMILES string of the molecule is Cc1cc(C)c(NC(=O)C[NH+](C)Cc2ccc(C(=O)Nc3ccccc3)cc2)c(C)c1. The largest absolute Gasteiger partial charge is 0.326 e. The molecule has 0 saturated carbocycles. The third kappa shape index (κ3) is 6.27. The summed E-state index contributed by atoms with van der Waals surface area (Å²) in [7, 11) is 1.99. The molecule has 5 heteroatoms. The van der Waals surface area contributed by atoms with Crippen molar-refractivity contribution in [2.45, 2.75) is 27.3 Å². The van der Waals surface area contributed by atoms with Crippen LogP contribution in [0.1, 0.15) is 32.6 Å². The van der Waals surface area contributed by atoms with Gasteiger partial charge in [0, 0.05) is 22.5 Å². The highest BCUT2D eigenvalue weighted by molar-refractivity contribution is 6.04. The number of aryl methyl sites for hydroxylation is 3. The second-order valence-electron chi connectivity index (χ2n) is 8.15. The quantitative estimate of drug-likeness (QED) is 0.552. The Balaban J connectivity index is 1.54. The minimum atomic E-state index is -0.137. The van der Waals surface area contributed by atoms with E-state index in [9.17, 15) is 9.59 Å². The zero-order valence-electron chi connectivity index (χ0n) is 18.6. The van der Waals surface area contributed by atoms with Gasteiger partial charge in [-0.1, -0.05) is 48.0 Å². The number of para-hydroxylation sites is 1. The third-order valence-electron chi connectivity index (χ3n) is 5.16. The predicted molar refractivity (Wildman–Crippen MR) is 126 cm³/mol. The van der Waals surface area contributed by atoms with Crippen LogP contribution < -0.4 is 15.5 Å². The van der Waals surface area contributed by atoms with Crippen molar-refractivity contribution in [3.8, 4) is 0 Å². The number of benzene rings is 3. The molecule has 2 amide bonds. The van der Waals surface area contributed by atoms with Crippen molar-refractivity contribution >= 4 is 23.2 Å². The van der Waals surface area contributed by atoms with Crippen molar-refractivity contribution in [2.75, 3.05) is 24.2 Å². The van der Waals surface area contributed by atoms with Crippen molar-refractivity contribution in [3.05, 3.63) is 94.5 Å². The van der Waals surface area contributed by atoms with Crippen LogP contribution in [-0.2, 0) is 11.3 Å². The van der Waals surface area contributed by atoms with Gasteiger partial charge >= 0.3 is 0 Å². The first-order valence-electron chi connectivity index (χ1n) is 10.5. The van der Waals surface area contributed by atoms with E-state index in [-0.39, 0.29) is 11.8 Å². The number of hydrogen-bond donors (Lipinski definition) is 3. The molecular weight excluding hydrogens is 386 g/mol. The van der Waals surface area contributed by atoms with Crippen molar-refractivity contribution in [1.29, 1.82) is 0 Å². The number of carbonyl (C=O) groups is 2. The minimum Gasteiger partial charge on any atom is -0.326 e. The second-order valence-corrected chi connectivity index (χ2v) is 8.15. The zero-order chi connectivity index (χ0) is 22.4. The molecule has 0 aliphatic carbocycles. The van der Waals surface area contributed by atoms with Gasteiger partial charge in [-0.15, -0.1) is 0 Å². The van der Waals surface area contributed by atoms with Gasteiger partial charge < -0.3 is 15.5 Å². The van der Waals surface area contributed by atoms with E-state index in [4.69, 9.17) is 0 Å². The van der Waals surface area contributed by atoms with E-state index < -0.39 is 0 Å². The van der Waals surface area contributed by atoms with Crippen LogP contribution in [0.25, 0.3) is 0 Å². The summed E-state index contributed by atoms with van der Waals surface area (Å²) in [4.78, 5) is 26.0. The van der Waals surface area contributed by atoms with Crippen LogP contribution in [0, 0.1) is 20.8 Å². The van der Waals surface area contributed by atoms with Gasteiger partial charge in [0.2, 0.25) is 0 Å². The smallest absolute Gasteiger partial charge is 0.279 e. The first kappa shape index (κ1) is 22.2. The standard InChI is InChI=1S/C26H29N3O2/c1-18-14-19(2)25(20(3)15-18)28-24(30)17-29(4)16-21-10-12-22(13-11-21)26(31)27-23-8-6-5-7-9-23/h5-15H,16-17H2,1-4H3,(H,27,31)(H,28,30)/p+1. The molecule has 3 aromatic carbocycles. The number of quaternary nitrogens is 1. The Morgan fingerprint density at radius 2 is 1.45 bits per heavy atom. The van der Waals surface area contributed by atoms with E-state index in [0.717, 1.165) is 33.0 Å². The second kappa shape index (κ2) is 10.0. The lowest BCUT2D eigenvalue weighted by Crippen LogP contribution is -3.08. The van der Waals surface area contributed by atoms with Gasteiger partial charge in [0.15, 0.2) is 6.54 Å². The molecule has 0 aliphatic rings. The van der Waals surface area contributed by atoms with E-state index in [1.165, 1.54) is 5.56 Å². The fourth-order valence-corrected chi connectivity index (χ4v) is 3.74. The molecule has 0 saturated heterocycles. The van der Waals surface area contributed by atoms with Crippen molar-refractivity contribution in [1.82, 2.24) is 0 Å². The van der Waals surface area contributed by atoms with E-state index in [2.05, 4.69) is 29.7 Å². The van der Waals surface area contributed by atoms with Gasteiger partial charge in [0.05, 0.1) is 7.05 Å². The summed E-state index contributed by atoms with van der Waals surface area (Å²) in [5.74, 6) is -0.145. The van der Waals surface area contributed by atoms with Gasteiger partial charge in [-0.3, -0.25) is 9.59 Å². The first-order chi connectivity index (χ1) is 14.8. The molecule has 3 rings (SSSR count). The van der Waals surface area contributed by atoms with Crippen LogP contribution in [0.4, 0.5) is 11.4 Å². The summed E-state index contributed by atoms with van der Waals surface area (Å²) < 4.78 is 0. The van der Waals surface area contributed by atoms with E-state index in [1.54, 1.807) is 0 Å². The molecule has 0 radical (unpaired) electrons. The lowest BCUT2D eigenvalue weighted by Gasteiger charge is -2.16. The Morgan fingerprint density at radius 1 is 0.839 bits per heavy atom. The molecule has 3 N–H and O–H groups in total. The van der Waals surface area contributed by atoms with Crippen LogP contribution >= 0.6 is 0 Å². The summed E-state index contributed by atoms with van der Waals surface area (Å²) in [6.45, 7) is 7.15. The Hall–Kier alpha value is -3.44. The van der Waals surface area contributed by atoms with Crippen molar-refractivity contribution in [2.24, 2.45) is 0 Å².